The van der Waals surface area contributed by atoms with Crippen molar-refractivity contribution in [1.82, 2.24) is 15.5 Å². The third-order valence-corrected chi connectivity index (χ3v) is 5.62. The van der Waals surface area contributed by atoms with Crippen LogP contribution in [0.25, 0.3) is 0 Å². The first-order valence-corrected chi connectivity index (χ1v) is 10.2. The van der Waals surface area contributed by atoms with Gasteiger partial charge in [0.1, 0.15) is 5.82 Å². The van der Waals surface area contributed by atoms with E-state index in [4.69, 9.17) is 9.47 Å². The fourth-order valence-electron chi connectivity index (χ4n) is 3.94. The van der Waals surface area contributed by atoms with Gasteiger partial charge in [0.15, 0.2) is 11.5 Å². The summed E-state index contributed by atoms with van der Waals surface area (Å²) >= 11 is 0. The Kier molecular flexibility index (Phi) is 6.22. The molecule has 1 atom stereocenters. The summed E-state index contributed by atoms with van der Waals surface area (Å²) in [6, 6.07) is 12.3. The average molecular weight is 428 g/mol. The molecule has 0 spiro atoms. The number of anilines is 1. The number of halogens is 1. The van der Waals surface area contributed by atoms with Crippen LogP contribution >= 0.6 is 0 Å². The van der Waals surface area contributed by atoms with Crippen LogP contribution in [0, 0.1) is 5.82 Å². The lowest BCUT2D eigenvalue weighted by Crippen LogP contribution is -2.50. The molecule has 31 heavy (non-hydrogen) atoms. The number of para-hydroxylation sites is 1. The maximum absolute atomic E-state index is 14.2. The molecule has 8 nitrogen and oxygen atoms in total. The molecule has 2 aromatic carbocycles. The molecule has 0 radical (unpaired) electrons. The van der Waals surface area contributed by atoms with E-state index in [1.165, 1.54) is 13.1 Å². The fraction of sp³-hybridized carbons (Fsp3) is 0.364. The van der Waals surface area contributed by atoms with Gasteiger partial charge in [-0.15, -0.1) is 0 Å². The van der Waals surface area contributed by atoms with Crippen molar-refractivity contribution in [3.63, 3.8) is 0 Å². The highest BCUT2D eigenvalue weighted by molar-refractivity contribution is 6.35. The second-order valence-electron chi connectivity index (χ2n) is 7.39. The Morgan fingerprint density at radius 3 is 2.52 bits per heavy atom. The van der Waals surface area contributed by atoms with E-state index in [0.29, 0.717) is 43.4 Å². The van der Waals surface area contributed by atoms with Gasteiger partial charge in [-0.25, -0.2) is 4.39 Å². The molecule has 1 saturated heterocycles. The summed E-state index contributed by atoms with van der Waals surface area (Å²) in [5.74, 6) is -0.264. The van der Waals surface area contributed by atoms with E-state index < -0.39 is 11.8 Å². The second kappa shape index (κ2) is 9.22. The fourth-order valence-corrected chi connectivity index (χ4v) is 3.94. The molecule has 1 fully saturated rings. The number of likely N-dealkylation sites (N-methyl/N-ethyl adjacent to an activating group) is 1. The number of benzene rings is 2. The molecular weight excluding hydrogens is 403 g/mol. The van der Waals surface area contributed by atoms with Crippen LogP contribution in [0.2, 0.25) is 0 Å². The van der Waals surface area contributed by atoms with Crippen LogP contribution in [0.3, 0.4) is 0 Å². The summed E-state index contributed by atoms with van der Waals surface area (Å²) in [6.07, 6.45) is 0. The quantitative estimate of drug-likeness (QED) is 0.699. The highest BCUT2D eigenvalue weighted by Crippen LogP contribution is 2.35. The zero-order chi connectivity index (χ0) is 21.8. The van der Waals surface area contributed by atoms with Crippen molar-refractivity contribution in [2.24, 2.45) is 0 Å². The van der Waals surface area contributed by atoms with Crippen molar-refractivity contribution in [3.8, 4) is 11.5 Å². The summed E-state index contributed by atoms with van der Waals surface area (Å²) < 4.78 is 25.1. The average Bonchev–Trinajstić information content (AvgIpc) is 3.27. The Bertz CT molecular complexity index is 962. The van der Waals surface area contributed by atoms with E-state index in [-0.39, 0.29) is 25.2 Å². The molecule has 0 aromatic heterocycles. The maximum Gasteiger partial charge on any atom is 0.309 e. The number of fused-ring (bicyclic) bond motifs is 1. The van der Waals surface area contributed by atoms with Gasteiger partial charge >= 0.3 is 11.8 Å². The van der Waals surface area contributed by atoms with Crippen LogP contribution in [0.4, 0.5) is 10.1 Å². The number of ether oxygens (including phenoxy) is 2. The number of amides is 2. The Hall–Kier alpha value is -3.33. The first-order valence-electron chi connectivity index (χ1n) is 10.2. The minimum absolute atomic E-state index is 0.175. The number of hydrogen-bond donors (Lipinski definition) is 2. The van der Waals surface area contributed by atoms with Gasteiger partial charge in [-0.3, -0.25) is 14.5 Å². The molecule has 2 aliphatic heterocycles. The minimum Gasteiger partial charge on any atom is -0.454 e. The van der Waals surface area contributed by atoms with Crippen LogP contribution in [-0.4, -0.2) is 63.3 Å². The lowest BCUT2D eigenvalue weighted by molar-refractivity contribution is -0.139. The highest BCUT2D eigenvalue weighted by Gasteiger charge is 2.28. The molecule has 2 amide bonds. The number of hydrogen-bond acceptors (Lipinski definition) is 6. The largest absolute Gasteiger partial charge is 0.454 e. The van der Waals surface area contributed by atoms with E-state index in [9.17, 15) is 14.0 Å². The van der Waals surface area contributed by atoms with Crippen molar-refractivity contribution in [3.05, 3.63) is 53.8 Å². The smallest absolute Gasteiger partial charge is 0.309 e. The zero-order valence-corrected chi connectivity index (χ0v) is 17.3. The van der Waals surface area contributed by atoms with Gasteiger partial charge in [-0.1, -0.05) is 18.2 Å². The number of nitrogens with one attached hydrogen (secondary N) is 2. The van der Waals surface area contributed by atoms with Crippen molar-refractivity contribution in [2.75, 3.05) is 51.5 Å². The van der Waals surface area contributed by atoms with E-state index in [0.717, 1.165) is 5.56 Å². The van der Waals surface area contributed by atoms with Crippen molar-refractivity contribution in [1.29, 1.82) is 0 Å². The molecule has 4 rings (SSSR count). The Labute approximate surface area is 179 Å². The van der Waals surface area contributed by atoms with E-state index in [1.807, 2.05) is 29.2 Å². The van der Waals surface area contributed by atoms with Gasteiger partial charge in [0.05, 0.1) is 11.7 Å². The Morgan fingerprint density at radius 1 is 1.03 bits per heavy atom. The molecule has 2 heterocycles. The van der Waals surface area contributed by atoms with Gasteiger partial charge in [-0.2, -0.15) is 0 Å². The summed E-state index contributed by atoms with van der Waals surface area (Å²) in [7, 11) is 1.42. The summed E-state index contributed by atoms with van der Waals surface area (Å²) in [4.78, 5) is 27.9. The van der Waals surface area contributed by atoms with Gasteiger partial charge < -0.3 is 25.0 Å². The SMILES string of the molecule is CNC(=O)C(=O)NC[C@@H](c1ccc2c(c1)OCO2)N1CCN(c2ccccc2F)CC1. The molecule has 0 saturated carbocycles. The van der Waals surface area contributed by atoms with Gasteiger partial charge in [0, 0.05) is 39.8 Å². The van der Waals surface area contributed by atoms with Crippen LogP contribution in [-0.2, 0) is 9.59 Å². The molecule has 0 bridgehead atoms. The standard InChI is InChI=1S/C22H25FN4O4/c1-24-21(28)22(29)25-13-18(15-6-7-19-20(12-15)31-14-30-19)27-10-8-26(9-11-27)17-5-3-2-4-16(17)23/h2-7,12,18H,8-11,13-14H2,1H3,(H,24,28)(H,25,29)/t18-/m0/s1. The molecular formula is C22H25FN4O4. The predicted octanol–water partition coefficient (Wildman–Crippen LogP) is 1.28. The minimum atomic E-state index is -0.686. The van der Waals surface area contributed by atoms with Crippen LogP contribution in [0.5, 0.6) is 11.5 Å². The van der Waals surface area contributed by atoms with E-state index in [2.05, 4.69) is 15.5 Å². The lowest BCUT2D eigenvalue weighted by atomic mass is 10.0. The molecule has 9 heteroatoms. The molecule has 2 aliphatic rings. The van der Waals surface area contributed by atoms with Gasteiger partial charge in [0.2, 0.25) is 6.79 Å². The normalized spacial score (nSPS) is 16.6. The Morgan fingerprint density at radius 2 is 1.77 bits per heavy atom. The van der Waals surface area contributed by atoms with Crippen molar-refractivity contribution < 1.29 is 23.5 Å². The van der Waals surface area contributed by atoms with Gasteiger partial charge in [-0.05, 0) is 29.8 Å². The molecule has 164 valence electrons. The van der Waals surface area contributed by atoms with E-state index >= 15 is 0 Å². The lowest BCUT2D eigenvalue weighted by Gasteiger charge is -2.40. The first-order chi connectivity index (χ1) is 15.1. The van der Waals surface area contributed by atoms with Crippen molar-refractivity contribution >= 4 is 17.5 Å². The third-order valence-electron chi connectivity index (χ3n) is 5.62. The monoisotopic (exact) mass is 428 g/mol. The highest BCUT2D eigenvalue weighted by atomic mass is 19.1. The molecule has 2 N–H and O–H groups in total. The second-order valence-corrected chi connectivity index (χ2v) is 7.39. The van der Waals surface area contributed by atoms with Crippen molar-refractivity contribution in [2.45, 2.75) is 6.04 Å². The maximum atomic E-state index is 14.2. The van der Waals surface area contributed by atoms with Crippen LogP contribution in [0.15, 0.2) is 42.5 Å². The summed E-state index contributed by atoms with van der Waals surface area (Å²) in [5.41, 5.74) is 1.54. The summed E-state index contributed by atoms with van der Waals surface area (Å²) in [5, 5.41) is 5.04. The summed E-state index contributed by atoms with van der Waals surface area (Å²) in [6.45, 7) is 3.06. The van der Waals surface area contributed by atoms with Gasteiger partial charge in [0.25, 0.3) is 0 Å². The van der Waals surface area contributed by atoms with Crippen LogP contribution in [0.1, 0.15) is 11.6 Å². The molecule has 2 aromatic rings. The van der Waals surface area contributed by atoms with Crippen LogP contribution < -0.4 is 25.0 Å². The first kappa shape index (κ1) is 20.9. The topological polar surface area (TPSA) is 83.1 Å². The number of piperazine rings is 1. The predicted molar refractivity (Wildman–Crippen MR) is 113 cm³/mol. The number of nitrogens with zero attached hydrogens (tertiary/aromatic N) is 2. The number of carbonyl (C=O) groups excluding carboxylic acids is 2. The van der Waals surface area contributed by atoms with E-state index in [1.54, 1.807) is 12.1 Å². The number of carbonyl (C=O) groups is 2. The third kappa shape index (κ3) is 4.56. The molecule has 0 aliphatic carbocycles. The number of rotatable bonds is 5. The molecule has 0 unspecified atom stereocenters. The zero-order valence-electron chi connectivity index (χ0n) is 17.3. The Balaban J connectivity index is 1.50.